The Labute approximate surface area is 225 Å². The molecule has 2 amide bonds. The lowest BCUT2D eigenvalue weighted by Crippen LogP contribution is -2.60. The molecule has 1 aromatic heterocycles. The number of hydrogen-bond donors (Lipinski definition) is 1. The normalized spacial score (nSPS) is 20.2. The molecular weight excluding hydrogens is 517 g/mol. The maximum absolute atomic E-state index is 14.7. The number of amides is 2. The quantitative estimate of drug-likeness (QED) is 0.455. The van der Waals surface area contributed by atoms with Gasteiger partial charge in [0.2, 0.25) is 5.43 Å². The van der Waals surface area contributed by atoms with Crippen LogP contribution >= 0.6 is 11.6 Å². The van der Waals surface area contributed by atoms with Crippen LogP contribution in [0.1, 0.15) is 59.0 Å². The Hall–Kier alpha value is -3.11. The number of likely N-dealkylation sites (N-methyl/N-ethyl adjacent to an activating group) is 1. The van der Waals surface area contributed by atoms with E-state index in [0.717, 1.165) is 19.3 Å². The SMILES string of the molecule is CCCCOc1c2n(cc(C(=O)NCc3ccc(OC)c(Cl)c3F)c1=O)[C@]1(CN(C)C2=O)C[C@H](COC)C1. The summed E-state index contributed by atoms with van der Waals surface area (Å²) in [5, 5.41) is 2.42. The number of ether oxygens (including phenoxy) is 3. The number of carbonyl (C=O) groups excluding carboxylic acids is 2. The van der Waals surface area contributed by atoms with Crippen molar-refractivity contribution in [2.45, 2.75) is 44.7 Å². The second-order valence-electron chi connectivity index (χ2n) is 9.97. The van der Waals surface area contributed by atoms with E-state index in [1.54, 1.807) is 23.6 Å². The summed E-state index contributed by atoms with van der Waals surface area (Å²) in [6, 6.07) is 2.95. The minimum Gasteiger partial charge on any atom is -0.495 e. The number of fused-ring (bicyclic) bond motifs is 2. The Morgan fingerprint density at radius 1 is 1.26 bits per heavy atom. The monoisotopic (exact) mass is 549 g/mol. The van der Waals surface area contributed by atoms with Gasteiger partial charge in [-0.2, -0.15) is 0 Å². The Bertz CT molecular complexity index is 1290. The predicted molar refractivity (Wildman–Crippen MR) is 140 cm³/mol. The fourth-order valence-corrected chi connectivity index (χ4v) is 5.64. The fraction of sp³-hybridized carbons (Fsp3) is 0.519. The first-order chi connectivity index (χ1) is 18.2. The standard InChI is InChI=1S/C27H33ClFN3O6/c1-5-6-9-38-24-22-26(35)31(2)15-27(10-16(11-27)14-36-3)32(22)13-18(23(24)33)25(34)30-12-17-7-8-19(37-4)20(28)21(17)29/h7-8,13,16H,5-6,9-12,14-15H2,1-4H3,(H,30,34)/t16-,27+. The van der Waals surface area contributed by atoms with Crippen LogP contribution in [-0.2, 0) is 16.8 Å². The summed E-state index contributed by atoms with van der Waals surface area (Å²) >= 11 is 6.00. The lowest BCUT2D eigenvalue weighted by Gasteiger charge is -2.54. The molecule has 4 rings (SSSR count). The third-order valence-corrected chi connectivity index (χ3v) is 7.62. The van der Waals surface area contributed by atoms with Crippen molar-refractivity contribution in [3.8, 4) is 11.5 Å². The van der Waals surface area contributed by atoms with Crippen LogP contribution in [0.2, 0.25) is 5.02 Å². The van der Waals surface area contributed by atoms with Crippen molar-refractivity contribution >= 4 is 23.4 Å². The summed E-state index contributed by atoms with van der Waals surface area (Å²) in [5.74, 6) is -1.42. The molecule has 9 nitrogen and oxygen atoms in total. The van der Waals surface area contributed by atoms with E-state index in [1.807, 2.05) is 6.92 Å². The number of benzene rings is 1. The number of halogens is 2. The van der Waals surface area contributed by atoms with Crippen molar-refractivity contribution in [1.29, 1.82) is 0 Å². The van der Waals surface area contributed by atoms with Gasteiger partial charge in [-0.15, -0.1) is 0 Å². The second-order valence-corrected chi connectivity index (χ2v) is 10.4. The van der Waals surface area contributed by atoms with Gasteiger partial charge >= 0.3 is 0 Å². The van der Waals surface area contributed by atoms with Gasteiger partial charge in [0, 0.05) is 45.6 Å². The minimum atomic E-state index is -0.719. The number of unbranched alkanes of at least 4 members (excludes halogenated alkanes) is 1. The molecule has 0 bridgehead atoms. The molecule has 0 unspecified atom stereocenters. The zero-order chi connectivity index (χ0) is 27.6. The molecular formula is C27H33ClFN3O6. The molecule has 1 fully saturated rings. The van der Waals surface area contributed by atoms with Gasteiger partial charge in [0.15, 0.2) is 17.3 Å². The first kappa shape index (κ1) is 27.9. The molecule has 0 radical (unpaired) electrons. The van der Waals surface area contributed by atoms with Gasteiger partial charge in [0.25, 0.3) is 11.8 Å². The summed E-state index contributed by atoms with van der Waals surface area (Å²) in [5.41, 5.74) is -1.05. The van der Waals surface area contributed by atoms with E-state index in [2.05, 4.69) is 5.32 Å². The molecule has 206 valence electrons. The van der Waals surface area contributed by atoms with Gasteiger partial charge in [-0.1, -0.05) is 31.0 Å². The third kappa shape index (κ3) is 4.99. The van der Waals surface area contributed by atoms with Crippen LogP contribution in [-0.4, -0.2) is 62.3 Å². The van der Waals surface area contributed by atoms with Crippen LogP contribution in [0.25, 0.3) is 0 Å². The largest absolute Gasteiger partial charge is 0.495 e. The number of nitrogens with zero attached hydrogens (tertiary/aromatic N) is 2. The van der Waals surface area contributed by atoms with Crippen molar-refractivity contribution in [1.82, 2.24) is 14.8 Å². The molecule has 2 heterocycles. The van der Waals surface area contributed by atoms with Crippen molar-refractivity contribution < 1.29 is 28.2 Å². The van der Waals surface area contributed by atoms with Crippen molar-refractivity contribution in [2.75, 3.05) is 41.0 Å². The molecule has 0 saturated heterocycles. The maximum atomic E-state index is 14.7. The van der Waals surface area contributed by atoms with Crippen LogP contribution < -0.4 is 20.2 Å². The Morgan fingerprint density at radius 2 is 2.00 bits per heavy atom. The smallest absolute Gasteiger partial charge is 0.274 e. The highest BCUT2D eigenvalue weighted by atomic mass is 35.5. The first-order valence-corrected chi connectivity index (χ1v) is 13.0. The molecule has 1 spiro atoms. The lowest BCUT2D eigenvalue weighted by atomic mass is 9.67. The van der Waals surface area contributed by atoms with Crippen LogP contribution in [0.3, 0.4) is 0 Å². The number of carbonyl (C=O) groups is 2. The molecule has 1 aromatic carbocycles. The molecule has 1 aliphatic carbocycles. The highest BCUT2D eigenvalue weighted by Crippen LogP contribution is 2.48. The van der Waals surface area contributed by atoms with Gasteiger partial charge in [-0.05, 0) is 31.2 Å². The van der Waals surface area contributed by atoms with E-state index < -0.39 is 22.7 Å². The average Bonchev–Trinajstić information content (AvgIpc) is 2.87. The Kier molecular flexibility index (Phi) is 8.32. The summed E-state index contributed by atoms with van der Waals surface area (Å²) in [6.45, 7) is 3.03. The molecule has 1 aliphatic heterocycles. The summed E-state index contributed by atoms with van der Waals surface area (Å²) < 4.78 is 32.6. The number of nitrogens with one attached hydrogen (secondary N) is 1. The van der Waals surface area contributed by atoms with Gasteiger partial charge < -0.3 is 29.0 Å². The topological polar surface area (TPSA) is 99.1 Å². The lowest BCUT2D eigenvalue weighted by molar-refractivity contribution is -0.0191. The van der Waals surface area contributed by atoms with Gasteiger partial charge in [0.1, 0.15) is 16.3 Å². The molecule has 1 saturated carbocycles. The van der Waals surface area contributed by atoms with E-state index in [1.165, 1.54) is 25.4 Å². The number of rotatable bonds is 10. The van der Waals surface area contributed by atoms with Crippen molar-refractivity contribution in [3.63, 3.8) is 0 Å². The third-order valence-electron chi connectivity index (χ3n) is 7.27. The summed E-state index contributed by atoms with van der Waals surface area (Å²) in [6.07, 6.45) is 4.40. The van der Waals surface area contributed by atoms with Crippen LogP contribution in [0.5, 0.6) is 11.5 Å². The Balaban J connectivity index is 1.72. The molecule has 11 heteroatoms. The molecule has 2 aliphatic rings. The number of aromatic nitrogens is 1. The van der Waals surface area contributed by atoms with Crippen molar-refractivity contribution in [2.24, 2.45) is 5.92 Å². The predicted octanol–water partition coefficient (Wildman–Crippen LogP) is 3.60. The zero-order valence-corrected chi connectivity index (χ0v) is 22.8. The molecule has 1 N–H and O–H groups in total. The molecule has 0 atom stereocenters. The molecule has 38 heavy (non-hydrogen) atoms. The first-order valence-electron chi connectivity index (χ1n) is 12.6. The zero-order valence-electron chi connectivity index (χ0n) is 22.1. The van der Waals surface area contributed by atoms with Gasteiger partial charge in [-0.3, -0.25) is 14.4 Å². The van der Waals surface area contributed by atoms with E-state index in [0.29, 0.717) is 25.5 Å². The van der Waals surface area contributed by atoms with Crippen LogP contribution in [0.15, 0.2) is 23.1 Å². The number of methoxy groups -OCH3 is 2. The summed E-state index contributed by atoms with van der Waals surface area (Å²) in [7, 11) is 4.72. The van der Waals surface area contributed by atoms with Gasteiger partial charge in [0.05, 0.1) is 19.3 Å². The minimum absolute atomic E-state index is 0.129. The number of pyridine rings is 1. The Morgan fingerprint density at radius 3 is 2.66 bits per heavy atom. The van der Waals surface area contributed by atoms with Crippen LogP contribution in [0.4, 0.5) is 4.39 Å². The second kappa shape index (κ2) is 11.3. The highest BCUT2D eigenvalue weighted by Gasteiger charge is 2.52. The van der Waals surface area contributed by atoms with Gasteiger partial charge in [-0.25, -0.2) is 4.39 Å². The molecule has 2 aromatic rings. The van der Waals surface area contributed by atoms with E-state index in [9.17, 15) is 18.8 Å². The van der Waals surface area contributed by atoms with E-state index in [4.69, 9.17) is 25.8 Å². The fourth-order valence-electron chi connectivity index (χ4n) is 5.38. The maximum Gasteiger partial charge on any atom is 0.274 e. The van der Waals surface area contributed by atoms with Crippen LogP contribution in [0, 0.1) is 11.7 Å². The number of hydrogen-bond acceptors (Lipinski definition) is 6. The highest BCUT2D eigenvalue weighted by molar-refractivity contribution is 6.32. The van der Waals surface area contributed by atoms with E-state index in [-0.39, 0.29) is 52.4 Å². The average molecular weight is 550 g/mol. The van der Waals surface area contributed by atoms with Crippen molar-refractivity contribution in [3.05, 3.63) is 56.2 Å². The van der Waals surface area contributed by atoms with E-state index >= 15 is 0 Å². The summed E-state index contributed by atoms with van der Waals surface area (Å²) in [4.78, 5) is 41.7.